The van der Waals surface area contributed by atoms with E-state index in [0.29, 0.717) is 5.89 Å². The van der Waals surface area contributed by atoms with Crippen LogP contribution in [0, 0.1) is 13.8 Å². The van der Waals surface area contributed by atoms with E-state index in [1.54, 1.807) is 0 Å². The molecule has 6 heteroatoms. The van der Waals surface area contributed by atoms with Crippen LogP contribution in [0.25, 0.3) is 0 Å². The first-order chi connectivity index (χ1) is 10.1. The molecule has 1 aliphatic rings. The fraction of sp³-hybridized carbons (Fsp3) is 0.400. The number of rotatable bonds is 3. The molecule has 6 nitrogen and oxygen atoms in total. The normalized spacial score (nSPS) is 17.9. The number of carbonyl (C=O) groups is 1. The number of nitrogens with one attached hydrogen (secondary N) is 2. The highest BCUT2D eigenvalue weighted by Crippen LogP contribution is 2.22. The molecule has 21 heavy (non-hydrogen) atoms. The van der Waals surface area contributed by atoms with Gasteiger partial charge in [-0.05, 0) is 44.4 Å². The number of hydrogen-bond donors (Lipinski definition) is 2. The monoisotopic (exact) mass is 286 g/mol. The van der Waals surface area contributed by atoms with Gasteiger partial charge in [0.15, 0.2) is 0 Å². The zero-order valence-electron chi connectivity index (χ0n) is 12.1. The zero-order valence-corrected chi connectivity index (χ0v) is 12.1. The molecule has 1 aliphatic heterocycles. The third-order valence-electron chi connectivity index (χ3n) is 3.72. The van der Waals surface area contributed by atoms with Crippen molar-refractivity contribution in [3.8, 4) is 0 Å². The molecule has 2 aromatic rings. The molecule has 1 aromatic carbocycles. The lowest BCUT2D eigenvalue weighted by atomic mass is 10.1. The molecular weight excluding hydrogens is 268 g/mol. The molecule has 3 rings (SSSR count). The van der Waals surface area contributed by atoms with Gasteiger partial charge in [0.05, 0.1) is 6.04 Å². The Kier molecular flexibility index (Phi) is 3.70. The fourth-order valence-corrected chi connectivity index (χ4v) is 2.55. The molecule has 1 fully saturated rings. The summed E-state index contributed by atoms with van der Waals surface area (Å²) < 4.78 is 5.18. The van der Waals surface area contributed by atoms with Crippen LogP contribution in [0.15, 0.2) is 22.7 Å². The van der Waals surface area contributed by atoms with Crippen LogP contribution in [0.4, 0.5) is 5.69 Å². The summed E-state index contributed by atoms with van der Waals surface area (Å²) >= 11 is 0. The number of aryl methyl sites for hydroxylation is 2. The number of para-hydroxylation sites is 1. The maximum absolute atomic E-state index is 12.2. The molecule has 1 aromatic heterocycles. The van der Waals surface area contributed by atoms with Gasteiger partial charge in [-0.3, -0.25) is 4.79 Å². The Morgan fingerprint density at radius 1 is 1.38 bits per heavy atom. The Labute approximate surface area is 122 Å². The van der Waals surface area contributed by atoms with Crippen molar-refractivity contribution in [2.24, 2.45) is 0 Å². The van der Waals surface area contributed by atoms with Crippen molar-refractivity contribution in [2.45, 2.75) is 32.7 Å². The minimum atomic E-state index is -0.347. The highest BCUT2D eigenvalue weighted by atomic mass is 16.5. The van der Waals surface area contributed by atoms with Gasteiger partial charge in [0.1, 0.15) is 0 Å². The highest BCUT2D eigenvalue weighted by Gasteiger charge is 2.24. The second-order valence-corrected chi connectivity index (χ2v) is 5.33. The number of hydrogen-bond acceptors (Lipinski definition) is 5. The van der Waals surface area contributed by atoms with Gasteiger partial charge in [-0.2, -0.15) is 4.98 Å². The summed E-state index contributed by atoms with van der Waals surface area (Å²) in [6.45, 7) is 4.84. The van der Waals surface area contributed by atoms with Crippen molar-refractivity contribution in [2.75, 3.05) is 11.9 Å². The van der Waals surface area contributed by atoms with Gasteiger partial charge in [-0.15, -0.1) is 0 Å². The van der Waals surface area contributed by atoms with Crippen LogP contribution < -0.4 is 10.6 Å². The third kappa shape index (κ3) is 2.80. The topological polar surface area (TPSA) is 80.0 Å². The van der Waals surface area contributed by atoms with Crippen molar-refractivity contribution in [1.29, 1.82) is 0 Å². The number of aromatic nitrogens is 2. The molecule has 0 spiro atoms. The third-order valence-corrected chi connectivity index (χ3v) is 3.72. The smallest absolute Gasteiger partial charge is 0.297 e. The van der Waals surface area contributed by atoms with Gasteiger partial charge < -0.3 is 15.2 Å². The first kappa shape index (κ1) is 13.8. The second kappa shape index (κ2) is 5.65. The summed E-state index contributed by atoms with van der Waals surface area (Å²) in [5.41, 5.74) is 2.81. The van der Waals surface area contributed by atoms with Gasteiger partial charge in [-0.1, -0.05) is 23.4 Å². The zero-order chi connectivity index (χ0) is 14.8. The van der Waals surface area contributed by atoms with Crippen molar-refractivity contribution in [3.63, 3.8) is 0 Å². The van der Waals surface area contributed by atoms with Crippen LogP contribution in [0.3, 0.4) is 0 Å². The number of amides is 1. The van der Waals surface area contributed by atoms with E-state index >= 15 is 0 Å². The predicted molar refractivity (Wildman–Crippen MR) is 78.1 cm³/mol. The average Bonchev–Trinajstić information content (AvgIpc) is 3.12. The molecule has 0 radical (unpaired) electrons. The molecule has 0 saturated carbocycles. The van der Waals surface area contributed by atoms with Gasteiger partial charge in [-0.25, -0.2) is 0 Å². The van der Waals surface area contributed by atoms with Gasteiger partial charge in [0.2, 0.25) is 5.89 Å². The molecule has 2 N–H and O–H groups in total. The van der Waals surface area contributed by atoms with Crippen molar-refractivity contribution in [1.82, 2.24) is 15.5 Å². The summed E-state index contributed by atoms with van der Waals surface area (Å²) in [5.74, 6) is 0.209. The Morgan fingerprint density at radius 2 is 2.14 bits per heavy atom. The lowest BCUT2D eigenvalue weighted by Gasteiger charge is -2.09. The van der Waals surface area contributed by atoms with Crippen molar-refractivity contribution >= 4 is 11.6 Å². The maximum Gasteiger partial charge on any atom is 0.297 e. The van der Waals surface area contributed by atoms with E-state index in [4.69, 9.17) is 4.52 Å². The van der Waals surface area contributed by atoms with Crippen LogP contribution in [0.2, 0.25) is 0 Å². The molecule has 1 unspecified atom stereocenters. The Bertz CT molecular complexity index is 639. The van der Waals surface area contributed by atoms with Crippen LogP contribution in [-0.2, 0) is 0 Å². The lowest BCUT2D eigenvalue weighted by molar-refractivity contribution is 0.101. The maximum atomic E-state index is 12.2. The number of anilines is 1. The number of benzene rings is 1. The Morgan fingerprint density at radius 3 is 2.81 bits per heavy atom. The van der Waals surface area contributed by atoms with Gasteiger partial charge in [0, 0.05) is 5.69 Å². The highest BCUT2D eigenvalue weighted by molar-refractivity contribution is 6.02. The summed E-state index contributed by atoms with van der Waals surface area (Å²) in [6.07, 6.45) is 2.04. The van der Waals surface area contributed by atoms with E-state index in [9.17, 15) is 4.79 Å². The van der Waals surface area contributed by atoms with Crippen molar-refractivity contribution in [3.05, 3.63) is 41.0 Å². The minimum absolute atomic E-state index is 0.0687. The summed E-state index contributed by atoms with van der Waals surface area (Å²) in [7, 11) is 0. The number of nitrogens with zero attached hydrogens (tertiary/aromatic N) is 2. The van der Waals surface area contributed by atoms with E-state index in [0.717, 1.165) is 36.2 Å². The summed E-state index contributed by atoms with van der Waals surface area (Å²) in [4.78, 5) is 16.4. The number of carbonyl (C=O) groups excluding carboxylic acids is 1. The molecule has 2 heterocycles. The Balaban J connectivity index is 1.76. The molecule has 1 saturated heterocycles. The quantitative estimate of drug-likeness (QED) is 0.905. The molecule has 110 valence electrons. The summed E-state index contributed by atoms with van der Waals surface area (Å²) in [6, 6.07) is 5.93. The van der Waals surface area contributed by atoms with Crippen LogP contribution in [-0.4, -0.2) is 22.6 Å². The van der Waals surface area contributed by atoms with E-state index in [2.05, 4.69) is 20.8 Å². The van der Waals surface area contributed by atoms with Crippen LogP contribution >= 0.6 is 0 Å². The van der Waals surface area contributed by atoms with E-state index < -0.39 is 0 Å². The Hall–Kier alpha value is -2.21. The molecule has 1 atom stereocenters. The first-order valence-electron chi connectivity index (χ1n) is 7.09. The standard InChI is InChI=1S/C15H18N4O2/c1-9-5-3-6-10(2)12(9)17-14(20)13-18-15(21-19-13)11-7-4-8-16-11/h3,5-6,11,16H,4,7-8H2,1-2H3,(H,17,20). The molecule has 0 bridgehead atoms. The van der Waals surface area contributed by atoms with E-state index in [1.165, 1.54) is 0 Å². The van der Waals surface area contributed by atoms with Crippen LogP contribution in [0.5, 0.6) is 0 Å². The molecule has 0 aliphatic carbocycles. The largest absolute Gasteiger partial charge is 0.337 e. The van der Waals surface area contributed by atoms with Gasteiger partial charge in [0.25, 0.3) is 11.7 Å². The SMILES string of the molecule is Cc1cccc(C)c1NC(=O)c1noc(C2CCCN2)n1. The molecule has 1 amide bonds. The average molecular weight is 286 g/mol. The van der Waals surface area contributed by atoms with Gasteiger partial charge >= 0.3 is 0 Å². The van der Waals surface area contributed by atoms with Crippen LogP contribution in [0.1, 0.15) is 46.5 Å². The minimum Gasteiger partial charge on any atom is -0.337 e. The summed E-state index contributed by atoms with van der Waals surface area (Å²) in [5, 5.41) is 9.90. The van der Waals surface area contributed by atoms with E-state index in [1.807, 2.05) is 32.0 Å². The second-order valence-electron chi connectivity index (χ2n) is 5.33. The molecular formula is C15H18N4O2. The van der Waals surface area contributed by atoms with E-state index in [-0.39, 0.29) is 17.8 Å². The predicted octanol–water partition coefficient (Wildman–Crippen LogP) is 2.36. The first-order valence-corrected chi connectivity index (χ1v) is 7.09. The fourth-order valence-electron chi connectivity index (χ4n) is 2.55. The van der Waals surface area contributed by atoms with Crippen molar-refractivity contribution < 1.29 is 9.32 Å². The lowest BCUT2D eigenvalue weighted by Crippen LogP contribution is -2.16.